The molecule has 3 rings (SSSR count). The van der Waals surface area contributed by atoms with Crippen molar-refractivity contribution in [3.05, 3.63) is 59.8 Å². The van der Waals surface area contributed by atoms with Crippen LogP contribution in [0.15, 0.2) is 54.2 Å². The molecule has 1 aliphatic heterocycles. The molecule has 1 amide bonds. The van der Waals surface area contributed by atoms with Crippen molar-refractivity contribution in [1.82, 2.24) is 14.9 Å². The van der Waals surface area contributed by atoms with Gasteiger partial charge in [-0.05, 0) is 55.5 Å². The number of nitrogens with one attached hydrogen (secondary N) is 2. The van der Waals surface area contributed by atoms with Gasteiger partial charge < -0.3 is 15.2 Å². The highest BCUT2D eigenvalue weighted by Gasteiger charge is 2.25. The first-order valence-corrected chi connectivity index (χ1v) is 8.89. The summed E-state index contributed by atoms with van der Waals surface area (Å²) in [5, 5.41) is 3.37. The fourth-order valence-electron chi connectivity index (χ4n) is 3.41. The summed E-state index contributed by atoms with van der Waals surface area (Å²) in [7, 11) is 0. The molecule has 0 aromatic carbocycles. The third-order valence-corrected chi connectivity index (χ3v) is 5.03. The number of H-pyrrole nitrogens is 1. The molecule has 0 saturated carbocycles. The van der Waals surface area contributed by atoms with Crippen molar-refractivity contribution in [3.8, 4) is 11.1 Å². The third kappa shape index (κ3) is 4.02. The summed E-state index contributed by atoms with van der Waals surface area (Å²) in [5.74, 6) is 0.401. The summed E-state index contributed by atoms with van der Waals surface area (Å²) in [6.45, 7) is 7.10. The molecule has 1 aliphatic rings. The Balaban J connectivity index is 1.68. The second-order valence-corrected chi connectivity index (χ2v) is 6.67. The summed E-state index contributed by atoms with van der Waals surface area (Å²) < 4.78 is 0. The van der Waals surface area contributed by atoms with E-state index in [9.17, 15) is 9.59 Å². The average Bonchev–Trinajstić information content (AvgIpc) is 2.69. The molecular weight excluding hydrogens is 328 g/mol. The van der Waals surface area contributed by atoms with E-state index in [0.29, 0.717) is 11.6 Å². The molecule has 0 bridgehead atoms. The zero-order valence-corrected chi connectivity index (χ0v) is 14.9. The van der Waals surface area contributed by atoms with Gasteiger partial charge >= 0.3 is 0 Å². The predicted octanol–water partition coefficient (Wildman–Crippen LogP) is 2.66. The van der Waals surface area contributed by atoms with Gasteiger partial charge in [-0.3, -0.25) is 14.6 Å². The zero-order valence-electron chi connectivity index (χ0n) is 14.9. The number of likely N-dealkylation sites (tertiary alicyclic amines) is 1. The van der Waals surface area contributed by atoms with E-state index in [1.807, 2.05) is 23.1 Å². The maximum atomic E-state index is 12.2. The zero-order chi connectivity index (χ0) is 18.5. The molecule has 2 aromatic rings. The molecule has 6 nitrogen and oxygen atoms in total. The fourth-order valence-corrected chi connectivity index (χ4v) is 3.41. The summed E-state index contributed by atoms with van der Waals surface area (Å²) in [5.41, 5.74) is 2.38. The first-order valence-electron chi connectivity index (χ1n) is 8.89. The van der Waals surface area contributed by atoms with Crippen LogP contribution in [0.1, 0.15) is 19.8 Å². The smallest absolute Gasteiger partial charge is 0.271 e. The Morgan fingerprint density at radius 3 is 2.69 bits per heavy atom. The number of anilines is 1. The molecule has 2 N–H and O–H groups in total. The van der Waals surface area contributed by atoms with Crippen LogP contribution in [-0.2, 0) is 4.79 Å². The Kier molecular flexibility index (Phi) is 5.51. The molecule has 1 saturated heterocycles. The van der Waals surface area contributed by atoms with Gasteiger partial charge in [-0.1, -0.05) is 6.58 Å². The van der Waals surface area contributed by atoms with Crippen molar-refractivity contribution in [2.24, 2.45) is 5.92 Å². The molecular formula is C20H24N4O2. The van der Waals surface area contributed by atoms with E-state index >= 15 is 0 Å². The molecule has 26 heavy (non-hydrogen) atoms. The normalized spacial score (nSPS) is 16.1. The topological polar surface area (TPSA) is 78.1 Å². The molecule has 136 valence electrons. The van der Waals surface area contributed by atoms with Crippen LogP contribution in [0.5, 0.6) is 0 Å². The Bertz CT molecular complexity index is 823. The highest BCUT2D eigenvalue weighted by Crippen LogP contribution is 2.24. The summed E-state index contributed by atoms with van der Waals surface area (Å²) in [6.07, 6.45) is 8.37. The minimum Gasteiger partial charge on any atom is -0.378 e. The van der Waals surface area contributed by atoms with E-state index in [-0.39, 0.29) is 17.5 Å². The Morgan fingerprint density at radius 1 is 1.35 bits per heavy atom. The lowest BCUT2D eigenvalue weighted by Crippen LogP contribution is -2.42. The number of carbonyl (C=O) groups excluding carboxylic acids is 1. The fraction of sp³-hybridized carbons (Fsp3) is 0.350. The van der Waals surface area contributed by atoms with Gasteiger partial charge in [0.25, 0.3) is 5.56 Å². The van der Waals surface area contributed by atoms with Gasteiger partial charge in [0.05, 0.1) is 0 Å². The lowest BCUT2D eigenvalue weighted by Gasteiger charge is -2.35. The average molecular weight is 352 g/mol. The van der Waals surface area contributed by atoms with Gasteiger partial charge in [-0.25, -0.2) is 0 Å². The number of carbonyl (C=O) groups is 1. The first kappa shape index (κ1) is 17.9. The second kappa shape index (κ2) is 7.99. The van der Waals surface area contributed by atoms with Gasteiger partial charge in [0.2, 0.25) is 5.91 Å². The van der Waals surface area contributed by atoms with Crippen LogP contribution in [-0.4, -0.2) is 39.9 Å². The molecule has 6 heteroatoms. The standard InChI is InChI=1S/C20H24N4O2/c1-3-19(25)24-10-6-15(7-11-24)14(2)23-18-12-17(13-22-20(18)26)16-4-8-21-9-5-16/h3-5,8-9,12-15,23H,1,6-7,10-11H2,2H3,(H,22,26). The number of pyridine rings is 2. The van der Waals surface area contributed by atoms with Crippen molar-refractivity contribution < 1.29 is 4.79 Å². The molecule has 0 spiro atoms. The van der Waals surface area contributed by atoms with E-state index in [0.717, 1.165) is 37.1 Å². The number of nitrogens with zero attached hydrogens (tertiary/aromatic N) is 2. The first-order chi connectivity index (χ1) is 12.6. The number of hydrogen-bond donors (Lipinski definition) is 2. The van der Waals surface area contributed by atoms with Crippen molar-refractivity contribution in [3.63, 3.8) is 0 Å². The number of piperidine rings is 1. The van der Waals surface area contributed by atoms with Crippen molar-refractivity contribution in [1.29, 1.82) is 0 Å². The summed E-state index contributed by atoms with van der Waals surface area (Å²) in [4.78, 5) is 32.6. The SMILES string of the molecule is C=CC(=O)N1CCC(C(C)Nc2cc(-c3ccncc3)c[nH]c2=O)CC1. The Morgan fingerprint density at radius 2 is 2.04 bits per heavy atom. The van der Waals surface area contributed by atoms with E-state index in [1.54, 1.807) is 18.6 Å². The predicted molar refractivity (Wildman–Crippen MR) is 103 cm³/mol. The number of aromatic amines is 1. The van der Waals surface area contributed by atoms with Crippen molar-refractivity contribution in [2.45, 2.75) is 25.8 Å². The number of aromatic nitrogens is 2. The largest absolute Gasteiger partial charge is 0.378 e. The van der Waals surface area contributed by atoms with Gasteiger partial charge in [-0.2, -0.15) is 0 Å². The molecule has 0 radical (unpaired) electrons. The third-order valence-electron chi connectivity index (χ3n) is 5.03. The van der Waals surface area contributed by atoms with E-state index in [4.69, 9.17) is 0 Å². The van der Waals surface area contributed by atoms with E-state index in [1.165, 1.54) is 6.08 Å². The Hall–Kier alpha value is -2.89. The molecule has 1 atom stereocenters. The quantitative estimate of drug-likeness (QED) is 0.811. The molecule has 1 fully saturated rings. The van der Waals surface area contributed by atoms with Crippen LogP contribution in [0.2, 0.25) is 0 Å². The highest BCUT2D eigenvalue weighted by atomic mass is 16.2. The van der Waals surface area contributed by atoms with Crippen LogP contribution < -0.4 is 10.9 Å². The van der Waals surface area contributed by atoms with Gasteiger partial charge in [0.15, 0.2) is 0 Å². The molecule has 0 aliphatic carbocycles. The maximum absolute atomic E-state index is 12.2. The highest BCUT2D eigenvalue weighted by molar-refractivity contribution is 5.87. The molecule has 1 unspecified atom stereocenters. The van der Waals surface area contributed by atoms with Crippen LogP contribution in [0.25, 0.3) is 11.1 Å². The van der Waals surface area contributed by atoms with Gasteiger partial charge in [-0.15, -0.1) is 0 Å². The lowest BCUT2D eigenvalue weighted by molar-refractivity contribution is -0.127. The number of hydrogen-bond acceptors (Lipinski definition) is 4. The van der Waals surface area contributed by atoms with Gasteiger partial charge in [0, 0.05) is 43.3 Å². The van der Waals surface area contributed by atoms with Crippen LogP contribution in [0.3, 0.4) is 0 Å². The maximum Gasteiger partial charge on any atom is 0.271 e. The molecule has 3 heterocycles. The van der Waals surface area contributed by atoms with Crippen LogP contribution in [0.4, 0.5) is 5.69 Å². The van der Waals surface area contributed by atoms with Crippen LogP contribution in [0, 0.1) is 5.92 Å². The molecule has 2 aromatic heterocycles. The number of amides is 1. The second-order valence-electron chi connectivity index (χ2n) is 6.67. The Labute approximate surface area is 153 Å². The van der Waals surface area contributed by atoms with Crippen LogP contribution >= 0.6 is 0 Å². The van der Waals surface area contributed by atoms with E-state index < -0.39 is 0 Å². The number of rotatable bonds is 5. The lowest BCUT2D eigenvalue weighted by atomic mass is 9.90. The van der Waals surface area contributed by atoms with Crippen molar-refractivity contribution in [2.75, 3.05) is 18.4 Å². The minimum atomic E-state index is -0.131. The van der Waals surface area contributed by atoms with Crippen molar-refractivity contribution >= 4 is 11.6 Å². The summed E-state index contributed by atoms with van der Waals surface area (Å²) in [6, 6.07) is 5.84. The van der Waals surface area contributed by atoms with E-state index in [2.05, 4.69) is 28.8 Å². The van der Waals surface area contributed by atoms with Gasteiger partial charge in [0.1, 0.15) is 5.69 Å². The minimum absolute atomic E-state index is 0.00874. The monoisotopic (exact) mass is 352 g/mol. The summed E-state index contributed by atoms with van der Waals surface area (Å²) >= 11 is 0.